The van der Waals surface area contributed by atoms with E-state index in [9.17, 15) is 14.3 Å². The number of aryl methyl sites for hydroxylation is 1. The number of hydrogen-bond donors (Lipinski definition) is 2. The molecule has 2 atom stereocenters. The summed E-state index contributed by atoms with van der Waals surface area (Å²) in [5, 5.41) is 12.3. The van der Waals surface area contributed by atoms with E-state index in [-0.39, 0.29) is 23.7 Å². The van der Waals surface area contributed by atoms with Crippen LogP contribution in [0.3, 0.4) is 0 Å². The third-order valence-electron chi connectivity index (χ3n) is 4.10. The topological polar surface area (TPSA) is 54.3 Å². The monoisotopic (exact) mass is 332 g/mol. The van der Waals surface area contributed by atoms with Crippen LogP contribution in [-0.4, -0.2) is 28.2 Å². The van der Waals surface area contributed by atoms with Crippen molar-refractivity contribution in [2.24, 2.45) is 5.92 Å². The van der Waals surface area contributed by atoms with Crippen molar-refractivity contribution in [2.45, 2.75) is 40.2 Å². The minimum Gasteiger partial charge on any atom is -0.393 e. The van der Waals surface area contributed by atoms with Crippen LogP contribution in [0.2, 0.25) is 0 Å². The average molecular weight is 332 g/mol. The number of aromatic nitrogens is 1. The minimum absolute atomic E-state index is 0.150. The number of rotatable bonds is 6. The van der Waals surface area contributed by atoms with E-state index >= 15 is 0 Å². The first-order valence-corrected chi connectivity index (χ1v) is 8.20. The molecule has 0 aliphatic heterocycles. The Bertz CT molecular complexity index is 722. The molecule has 0 bridgehead atoms. The number of carbonyl (C=O) groups is 1. The second kappa shape index (κ2) is 7.62. The maximum atomic E-state index is 13.5. The Hall–Kier alpha value is -2.14. The molecule has 0 spiro atoms. The summed E-state index contributed by atoms with van der Waals surface area (Å²) < 4.78 is 15.4. The van der Waals surface area contributed by atoms with Gasteiger partial charge < -0.3 is 15.0 Å². The SMILES string of the molecule is Cc1cc(C(=O)NCC(C)CC(C)O)c(C)n1-c1cccc(F)c1. The molecule has 0 saturated carbocycles. The van der Waals surface area contributed by atoms with Gasteiger partial charge in [0.05, 0.1) is 11.7 Å². The van der Waals surface area contributed by atoms with Gasteiger partial charge in [0.1, 0.15) is 5.82 Å². The lowest BCUT2D eigenvalue weighted by molar-refractivity contribution is 0.0939. The van der Waals surface area contributed by atoms with Gasteiger partial charge in [-0.2, -0.15) is 0 Å². The highest BCUT2D eigenvalue weighted by molar-refractivity contribution is 5.95. The molecule has 0 radical (unpaired) electrons. The summed E-state index contributed by atoms with van der Waals surface area (Å²) in [6.07, 6.45) is 0.262. The highest BCUT2D eigenvalue weighted by Gasteiger charge is 2.17. The van der Waals surface area contributed by atoms with Crippen LogP contribution in [0.1, 0.15) is 42.0 Å². The Morgan fingerprint density at radius 1 is 1.29 bits per heavy atom. The molecule has 2 N–H and O–H groups in total. The van der Waals surface area contributed by atoms with E-state index in [1.807, 2.05) is 37.5 Å². The molecule has 1 aromatic heterocycles. The van der Waals surface area contributed by atoms with Crippen LogP contribution >= 0.6 is 0 Å². The average Bonchev–Trinajstić information content (AvgIpc) is 2.79. The molecule has 4 nitrogen and oxygen atoms in total. The number of aliphatic hydroxyl groups is 1. The van der Waals surface area contributed by atoms with E-state index < -0.39 is 0 Å². The molecule has 0 aliphatic carbocycles. The van der Waals surface area contributed by atoms with Gasteiger partial charge in [0.25, 0.3) is 5.91 Å². The maximum Gasteiger partial charge on any atom is 0.253 e. The van der Waals surface area contributed by atoms with Crippen LogP contribution in [-0.2, 0) is 0 Å². The van der Waals surface area contributed by atoms with Crippen molar-refractivity contribution >= 4 is 5.91 Å². The summed E-state index contributed by atoms with van der Waals surface area (Å²) in [5.74, 6) is -0.262. The molecule has 1 aromatic carbocycles. The maximum absolute atomic E-state index is 13.5. The minimum atomic E-state index is -0.380. The van der Waals surface area contributed by atoms with Gasteiger partial charge in [-0.25, -0.2) is 4.39 Å². The predicted octanol–water partition coefficient (Wildman–Crippen LogP) is 3.37. The van der Waals surface area contributed by atoms with E-state index in [4.69, 9.17) is 0 Å². The number of amides is 1. The van der Waals surface area contributed by atoms with Gasteiger partial charge >= 0.3 is 0 Å². The van der Waals surface area contributed by atoms with Crippen LogP contribution in [0.4, 0.5) is 4.39 Å². The van der Waals surface area contributed by atoms with E-state index in [0.29, 0.717) is 24.2 Å². The van der Waals surface area contributed by atoms with E-state index in [0.717, 1.165) is 11.4 Å². The summed E-state index contributed by atoms with van der Waals surface area (Å²) in [6.45, 7) is 7.98. The van der Waals surface area contributed by atoms with E-state index in [2.05, 4.69) is 5.32 Å². The van der Waals surface area contributed by atoms with E-state index in [1.54, 1.807) is 13.0 Å². The smallest absolute Gasteiger partial charge is 0.253 e. The number of nitrogens with zero attached hydrogens (tertiary/aromatic N) is 1. The van der Waals surface area contributed by atoms with Gasteiger partial charge in [-0.15, -0.1) is 0 Å². The van der Waals surface area contributed by atoms with Gasteiger partial charge in [-0.05, 0) is 57.4 Å². The molecular formula is C19H25FN2O2. The fourth-order valence-corrected chi connectivity index (χ4v) is 3.03. The molecule has 1 amide bonds. The zero-order valence-corrected chi connectivity index (χ0v) is 14.6. The summed E-state index contributed by atoms with van der Waals surface area (Å²) in [5.41, 5.74) is 2.94. The Labute approximate surface area is 142 Å². The largest absolute Gasteiger partial charge is 0.393 e. The number of hydrogen-bond acceptors (Lipinski definition) is 2. The molecule has 0 saturated heterocycles. The predicted molar refractivity (Wildman–Crippen MR) is 93.0 cm³/mol. The zero-order valence-electron chi connectivity index (χ0n) is 14.6. The highest BCUT2D eigenvalue weighted by atomic mass is 19.1. The molecule has 0 fully saturated rings. The molecule has 1 heterocycles. The Balaban J connectivity index is 2.18. The summed E-state index contributed by atoms with van der Waals surface area (Å²) >= 11 is 0. The van der Waals surface area contributed by atoms with Crippen LogP contribution in [0.15, 0.2) is 30.3 Å². The molecule has 130 valence electrons. The lowest BCUT2D eigenvalue weighted by atomic mass is 10.0. The van der Waals surface area contributed by atoms with Crippen molar-refractivity contribution in [3.8, 4) is 5.69 Å². The summed E-state index contributed by atoms with van der Waals surface area (Å²) in [7, 11) is 0. The number of nitrogens with one attached hydrogen (secondary N) is 1. The molecule has 2 rings (SSSR count). The lowest BCUT2D eigenvalue weighted by Crippen LogP contribution is -2.29. The Morgan fingerprint density at radius 3 is 2.62 bits per heavy atom. The molecule has 5 heteroatoms. The quantitative estimate of drug-likeness (QED) is 0.852. The van der Waals surface area contributed by atoms with E-state index in [1.165, 1.54) is 12.1 Å². The fourth-order valence-electron chi connectivity index (χ4n) is 3.03. The standard InChI is InChI=1S/C19H25FN2O2/c1-12(8-14(3)23)11-21-19(24)18-9-13(2)22(15(18)4)17-7-5-6-16(20)10-17/h5-7,9-10,12,14,23H,8,11H2,1-4H3,(H,21,24). The van der Waals surface area contributed by atoms with Gasteiger partial charge in [0.15, 0.2) is 0 Å². The second-order valence-corrected chi connectivity index (χ2v) is 6.50. The van der Waals surface area contributed by atoms with Crippen LogP contribution in [0.25, 0.3) is 5.69 Å². The van der Waals surface area contributed by atoms with Gasteiger partial charge in [0.2, 0.25) is 0 Å². The summed E-state index contributed by atoms with van der Waals surface area (Å²) in [4.78, 5) is 12.5. The first-order chi connectivity index (χ1) is 11.3. The highest BCUT2D eigenvalue weighted by Crippen LogP contribution is 2.21. The molecule has 0 aliphatic rings. The van der Waals surface area contributed by atoms with Crippen molar-refractivity contribution in [3.05, 3.63) is 53.1 Å². The molecular weight excluding hydrogens is 307 g/mol. The third-order valence-corrected chi connectivity index (χ3v) is 4.10. The molecule has 24 heavy (non-hydrogen) atoms. The zero-order chi connectivity index (χ0) is 17.9. The number of benzene rings is 1. The van der Waals surface area contributed by atoms with Crippen LogP contribution in [0, 0.1) is 25.6 Å². The number of aliphatic hydroxyl groups excluding tert-OH is 1. The van der Waals surface area contributed by atoms with Crippen molar-refractivity contribution in [3.63, 3.8) is 0 Å². The second-order valence-electron chi connectivity index (χ2n) is 6.50. The van der Waals surface area contributed by atoms with Gasteiger partial charge in [-0.3, -0.25) is 4.79 Å². The van der Waals surface area contributed by atoms with Crippen LogP contribution < -0.4 is 5.32 Å². The number of carbonyl (C=O) groups excluding carboxylic acids is 1. The molecule has 2 unspecified atom stereocenters. The van der Waals surface area contributed by atoms with Crippen molar-refractivity contribution in [1.29, 1.82) is 0 Å². The summed E-state index contributed by atoms with van der Waals surface area (Å²) in [6, 6.07) is 8.13. The van der Waals surface area contributed by atoms with Gasteiger partial charge in [-0.1, -0.05) is 13.0 Å². The van der Waals surface area contributed by atoms with Gasteiger partial charge in [0, 0.05) is 23.6 Å². The fraction of sp³-hybridized carbons (Fsp3) is 0.421. The van der Waals surface area contributed by atoms with Crippen molar-refractivity contribution in [1.82, 2.24) is 9.88 Å². The first kappa shape index (κ1) is 18.2. The van der Waals surface area contributed by atoms with Crippen molar-refractivity contribution in [2.75, 3.05) is 6.54 Å². The lowest BCUT2D eigenvalue weighted by Gasteiger charge is -2.14. The Kier molecular flexibility index (Phi) is 5.78. The normalized spacial score (nSPS) is 13.6. The first-order valence-electron chi connectivity index (χ1n) is 8.20. The Morgan fingerprint density at radius 2 is 2.00 bits per heavy atom. The third kappa shape index (κ3) is 4.23. The van der Waals surface area contributed by atoms with Crippen LogP contribution in [0.5, 0.6) is 0 Å². The molecule has 2 aromatic rings. The van der Waals surface area contributed by atoms with Crippen molar-refractivity contribution < 1.29 is 14.3 Å². The number of halogens is 1.